The number of hydrogen-bond donors (Lipinski definition) is 0. The molecule has 0 radical (unpaired) electrons. The SMILES string of the molecule is CC(C=O)CN1CC2CC2C1=O. The van der Waals surface area contributed by atoms with Crippen LogP contribution in [0.1, 0.15) is 13.3 Å². The van der Waals surface area contributed by atoms with Crippen LogP contribution in [0.25, 0.3) is 0 Å². The van der Waals surface area contributed by atoms with Crippen molar-refractivity contribution in [2.24, 2.45) is 17.8 Å². The summed E-state index contributed by atoms with van der Waals surface area (Å²) in [6.45, 7) is 3.36. The lowest BCUT2D eigenvalue weighted by atomic mass is 10.2. The Balaban J connectivity index is 1.90. The molecule has 3 heteroatoms. The van der Waals surface area contributed by atoms with Crippen LogP contribution in [0.2, 0.25) is 0 Å². The number of likely N-dealkylation sites (tertiary alicyclic amines) is 1. The Morgan fingerprint density at radius 1 is 1.75 bits per heavy atom. The third kappa shape index (κ3) is 1.13. The van der Waals surface area contributed by atoms with E-state index in [9.17, 15) is 9.59 Å². The average Bonchev–Trinajstić information content (AvgIpc) is 2.75. The van der Waals surface area contributed by atoms with E-state index in [4.69, 9.17) is 0 Å². The van der Waals surface area contributed by atoms with Crippen LogP contribution in [0.4, 0.5) is 0 Å². The van der Waals surface area contributed by atoms with Crippen molar-refractivity contribution < 1.29 is 9.59 Å². The second-order valence-corrected chi connectivity index (χ2v) is 3.96. The maximum atomic E-state index is 11.4. The van der Waals surface area contributed by atoms with Crippen LogP contribution < -0.4 is 0 Å². The van der Waals surface area contributed by atoms with Gasteiger partial charge in [0.2, 0.25) is 5.91 Å². The van der Waals surface area contributed by atoms with Gasteiger partial charge in [-0.3, -0.25) is 4.79 Å². The number of rotatable bonds is 3. The van der Waals surface area contributed by atoms with Crippen molar-refractivity contribution in [3.05, 3.63) is 0 Å². The number of amides is 1. The van der Waals surface area contributed by atoms with Gasteiger partial charge in [-0.25, -0.2) is 0 Å². The second-order valence-electron chi connectivity index (χ2n) is 3.96. The Hall–Kier alpha value is -0.860. The lowest BCUT2D eigenvalue weighted by Crippen LogP contribution is -2.32. The van der Waals surface area contributed by atoms with Crippen LogP contribution >= 0.6 is 0 Å². The predicted octanol–water partition coefficient (Wildman–Crippen LogP) is 0.300. The first-order chi connectivity index (χ1) is 5.72. The fourth-order valence-corrected chi connectivity index (χ4v) is 1.91. The molecule has 66 valence electrons. The largest absolute Gasteiger partial charge is 0.341 e. The molecule has 1 saturated heterocycles. The van der Waals surface area contributed by atoms with Crippen LogP contribution in [0.3, 0.4) is 0 Å². The standard InChI is InChI=1S/C9H13NO2/c1-6(5-11)3-10-4-7-2-8(7)9(10)12/h5-8H,2-4H2,1H3. The van der Waals surface area contributed by atoms with Gasteiger partial charge in [0.05, 0.1) is 0 Å². The van der Waals surface area contributed by atoms with Gasteiger partial charge in [-0.1, -0.05) is 6.92 Å². The summed E-state index contributed by atoms with van der Waals surface area (Å²) >= 11 is 0. The normalized spacial score (nSPS) is 34.8. The summed E-state index contributed by atoms with van der Waals surface area (Å²) in [5, 5.41) is 0. The van der Waals surface area contributed by atoms with Gasteiger partial charge >= 0.3 is 0 Å². The third-order valence-electron chi connectivity index (χ3n) is 2.75. The first-order valence-electron chi connectivity index (χ1n) is 4.46. The van der Waals surface area contributed by atoms with Crippen LogP contribution in [0.5, 0.6) is 0 Å². The molecular formula is C9H13NO2. The van der Waals surface area contributed by atoms with Crippen molar-refractivity contribution in [1.82, 2.24) is 4.90 Å². The molecule has 0 aromatic heterocycles. The Bertz CT molecular complexity index is 227. The molecular weight excluding hydrogens is 154 g/mol. The highest BCUT2D eigenvalue weighted by molar-refractivity contribution is 5.84. The molecule has 2 aliphatic rings. The molecule has 3 nitrogen and oxygen atoms in total. The highest BCUT2D eigenvalue weighted by atomic mass is 16.2. The minimum Gasteiger partial charge on any atom is -0.341 e. The highest BCUT2D eigenvalue weighted by Crippen LogP contribution is 2.45. The number of hydrogen-bond acceptors (Lipinski definition) is 2. The van der Waals surface area contributed by atoms with Gasteiger partial charge in [0, 0.05) is 24.9 Å². The number of piperidine rings is 1. The summed E-state index contributed by atoms with van der Waals surface area (Å²) < 4.78 is 0. The zero-order chi connectivity index (χ0) is 8.72. The molecule has 2 rings (SSSR count). The topological polar surface area (TPSA) is 37.4 Å². The van der Waals surface area contributed by atoms with E-state index in [1.54, 1.807) is 0 Å². The maximum absolute atomic E-state index is 11.4. The van der Waals surface area contributed by atoms with E-state index < -0.39 is 0 Å². The van der Waals surface area contributed by atoms with Crippen molar-refractivity contribution in [1.29, 1.82) is 0 Å². The zero-order valence-electron chi connectivity index (χ0n) is 7.19. The van der Waals surface area contributed by atoms with Gasteiger partial charge in [-0.05, 0) is 12.3 Å². The highest BCUT2D eigenvalue weighted by Gasteiger charge is 2.51. The molecule has 0 aromatic carbocycles. The van der Waals surface area contributed by atoms with Crippen LogP contribution in [-0.4, -0.2) is 30.2 Å². The Morgan fingerprint density at radius 2 is 2.50 bits per heavy atom. The minimum absolute atomic E-state index is 0.00792. The Kier molecular flexibility index (Phi) is 1.67. The summed E-state index contributed by atoms with van der Waals surface area (Å²) in [7, 11) is 0. The molecule has 0 aromatic rings. The fourth-order valence-electron chi connectivity index (χ4n) is 1.91. The van der Waals surface area contributed by atoms with Crippen LogP contribution in [0, 0.1) is 17.8 Å². The molecule has 3 atom stereocenters. The summed E-state index contributed by atoms with van der Waals surface area (Å²) in [5.74, 6) is 1.21. The second kappa shape index (κ2) is 2.57. The molecule has 0 bridgehead atoms. The van der Waals surface area contributed by atoms with Crippen molar-refractivity contribution in [3.8, 4) is 0 Å². The van der Waals surface area contributed by atoms with E-state index in [2.05, 4.69) is 0 Å². The molecule has 3 unspecified atom stereocenters. The summed E-state index contributed by atoms with van der Waals surface area (Å²) in [4.78, 5) is 23.6. The maximum Gasteiger partial charge on any atom is 0.226 e. The van der Waals surface area contributed by atoms with Gasteiger partial charge in [-0.15, -0.1) is 0 Å². The zero-order valence-corrected chi connectivity index (χ0v) is 7.19. The van der Waals surface area contributed by atoms with E-state index in [1.165, 1.54) is 0 Å². The van der Waals surface area contributed by atoms with Crippen molar-refractivity contribution in [2.45, 2.75) is 13.3 Å². The lowest BCUT2D eigenvalue weighted by molar-refractivity contribution is -0.130. The average molecular weight is 167 g/mol. The number of carbonyl (C=O) groups is 2. The first-order valence-corrected chi connectivity index (χ1v) is 4.46. The Labute approximate surface area is 71.7 Å². The number of carbonyl (C=O) groups excluding carboxylic acids is 2. The van der Waals surface area contributed by atoms with E-state index in [-0.39, 0.29) is 11.8 Å². The molecule has 2 fully saturated rings. The smallest absolute Gasteiger partial charge is 0.226 e. The fraction of sp³-hybridized carbons (Fsp3) is 0.778. The molecule has 1 amide bonds. The number of nitrogens with zero attached hydrogens (tertiary/aromatic N) is 1. The summed E-state index contributed by atoms with van der Waals surface area (Å²) in [5.41, 5.74) is 0. The molecule has 1 heterocycles. The van der Waals surface area contributed by atoms with E-state index >= 15 is 0 Å². The number of fused-ring (bicyclic) bond motifs is 1. The Morgan fingerprint density at radius 3 is 3.00 bits per heavy atom. The third-order valence-corrected chi connectivity index (χ3v) is 2.75. The van der Waals surface area contributed by atoms with Gasteiger partial charge in [-0.2, -0.15) is 0 Å². The molecule has 1 saturated carbocycles. The van der Waals surface area contributed by atoms with Crippen molar-refractivity contribution >= 4 is 12.2 Å². The van der Waals surface area contributed by atoms with Crippen molar-refractivity contribution in [3.63, 3.8) is 0 Å². The van der Waals surface area contributed by atoms with E-state index in [0.29, 0.717) is 18.4 Å². The quantitative estimate of drug-likeness (QED) is 0.567. The monoisotopic (exact) mass is 167 g/mol. The van der Waals surface area contributed by atoms with Gasteiger partial charge in [0.15, 0.2) is 0 Å². The first kappa shape index (κ1) is 7.77. The van der Waals surface area contributed by atoms with Crippen LogP contribution in [0.15, 0.2) is 0 Å². The molecule has 0 N–H and O–H groups in total. The van der Waals surface area contributed by atoms with Crippen molar-refractivity contribution in [2.75, 3.05) is 13.1 Å². The predicted molar refractivity (Wildman–Crippen MR) is 43.4 cm³/mol. The number of aldehydes is 1. The summed E-state index contributed by atoms with van der Waals surface area (Å²) in [6, 6.07) is 0. The van der Waals surface area contributed by atoms with Gasteiger partial charge < -0.3 is 9.69 Å². The van der Waals surface area contributed by atoms with Crippen LogP contribution in [-0.2, 0) is 9.59 Å². The molecule has 1 aliphatic carbocycles. The lowest BCUT2D eigenvalue weighted by Gasteiger charge is -2.19. The minimum atomic E-state index is -0.00792. The van der Waals surface area contributed by atoms with E-state index in [0.717, 1.165) is 19.3 Å². The summed E-state index contributed by atoms with van der Waals surface area (Å²) in [6.07, 6.45) is 2.00. The van der Waals surface area contributed by atoms with E-state index in [1.807, 2.05) is 11.8 Å². The van der Waals surface area contributed by atoms with Gasteiger partial charge in [0.1, 0.15) is 6.29 Å². The molecule has 12 heavy (non-hydrogen) atoms. The molecule has 1 aliphatic heterocycles. The van der Waals surface area contributed by atoms with Gasteiger partial charge in [0.25, 0.3) is 0 Å². The molecule has 0 spiro atoms.